The number of hydrogen-bond acceptors (Lipinski definition) is 2. The van der Waals surface area contributed by atoms with Crippen molar-refractivity contribution < 1.29 is 4.39 Å². The first-order valence-electron chi connectivity index (χ1n) is 6.76. The summed E-state index contributed by atoms with van der Waals surface area (Å²) in [5.74, 6) is -0.191. The van der Waals surface area contributed by atoms with E-state index in [1.54, 1.807) is 6.07 Å². The van der Waals surface area contributed by atoms with Crippen LogP contribution in [0.1, 0.15) is 26.3 Å². The summed E-state index contributed by atoms with van der Waals surface area (Å²) in [6, 6.07) is 5.46. The topological polar surface area (TPSA) is 15.3 Å². The van der Waals surface area contributed by atoms with Gasteiger partial charge in [0.2, 0.25) is 0 Å². The molecule has 1 heterocycles. The average Bonchev–Trinajstić information content (AvgIpc) is 2.32. The number of nitrogens with zero attached hydrogens (tertiary/aromatic N) is 1. The van der Waals surface area contributed by atoms with Crippen molar-refractivity contribution in [2.24, 2.45) is 5.41 Å². The lowest BCUT2D eigenvalue weighted by Crippen LogP contribution is -2.56. The summed E-state index contributed by atoms with van der Waals surface area (Å²) < 4.78 is 14.0. The van der Waals surface area contributed by atoms with Crippen LogP contribution >= 0.6 is 15.9 Å². The summed E-state index contributed by atoms with van der Waals surface area (Å²) in [7, 11) is 0. The Kier molecular flexibility index (Phi) is 4.64. The largest absolute Gasteiger partial charge is 0.314 e. The third-order valence-electron chi connectivity index (χ3n) is 3.74. The van der Waals surface area contributed by atoms with Gasteiger partial charge in [-0.2, -0.15) is 0 Å². The molecule has 4 heteroatoms. The van der Waals surface area contributed by atoms with Gasteiger partial charge >= 0.3 is 0 Å². The molecule has 2 rings (SSSR count). The number of rotatable bonds is 2. The molecule has 0 radical (unpaired) electrons. The predicted octanol–water partition coefficient (Wildman–Crippen LogP) is 3.41. The van der Waals surface area contributed by atoms with Crippen molar-refractivity contribution in [3.05, 3.63) is 34.1 Å². The van der Waals surface area contributed by atoms with Crippen LogP contribution in [0.25, 0.3) is 0 Å². The Balaban J connectivity index is 2.15. The first kappa shape index (κ1) is 14.9. The van der Waals surface area contributed by atoms with E-state index >= 15 is 0 Å². The molecule has 1 fully saturated rings. The monoisotopic (exact) mass is 328 g/mol. The minimum absolute atomic E-state index is 0.191. The zero-order chi connectivity index (χ0) is 14.0. The van der Waals surface area contributed by atoms with Gasteiger partial charge in [0, 0.05) is 36.7 Å². The van der Waals surface area contributed by atoms with Gasteiger partial charge in [-0.25, -0.2) is 4.39 Å². The van der Waals surface area contributed by atoms with E-state index in [1.807, 2.05) is 6.07 Å². The lowest BCUT2D eigenvalue weighted by atomic mass is 9.84. The molecule has 0 aromatic heterocycles. The summed E-state index contributed by atoms with van der Waals surface area (Å²) in [5.41, 5.74) is 1.39. The molecule has 0 spiro atoms. The Bertz CT molecular complexity index is 442. The Hall–Kier alpha value is -0.450. The fourth-order valence-corrected chi connectivity index (χ4v) is 3.13. The Morgan fingerprint density at radius 2 is 2.16 bits per heavy atom. The number of nitrogens with one attached hydrogen (secondary N) is 1. The Morgan fingerprint density at radius 1 is 1.42 bits per heavy atom. The molecule has 0 bridgehead atoms. The van der Waals surface area contributed by atoms with Crippen molar-refractivity contribution in [2.75, 3.05) is 19.6 Å². The van der Waals surface area contributed by atoms with Crippen molar-refractivity contribution in [3.8, 4) is 0 Å². The van der Waals surface area contributed by atoms with Gasteiger partial charge < -0.3 is 5.32 Å². The molecular formula is C15H22BrFN2. The zero-order valence-electron chi connectivity index (χ0n) is 11.8. The third kappa shape index (κ3) is 3.77. The second-order valence-electron chi connectivity index (χ2n) is 6.29. The average molecular weight is 329 g/mol. The van der Waals surface area contributed by atoms with Crippen molar-refractivity contribution in [1.29, 1.82) is 0 Å². The van der Waals surface area contributed by atoms with Gasteiger partial charge in [0.25, 0.3) is 0 Å². The van der Waals surface area contributed by atoms with Crippen LogP contribution < -0.4 is 5.32 Å². The maximum atomic E-state index is 13.1. The third-order valence-corrected chi connectivity index (χ3v) is 4.48. The molecule has 1 aliphatic rings. The molecular weight excluding hydrogens is 307 g/mol. The van der Waals surface area contributed by atoms with Crippen LogP contribution in [-0.2, 0) is 6.54 Å². The van der Waals surface area contributed by atoms with Gasteiger partial charge in [0.1, 0.15) is 5.82 Å². The van der Waals surface area contributed by atoms with Crippen LogP contribution in [0, 0.1) is 11.2 Å². The smallest absolute Gasteiger partial charge is 0.124 e. The molecule has 1 atom stereocenters. The molecule has 0 saturated carbocycles. The van der Waals surface area contributed by atoms with Gasteiger partial charge in [-0.1, -0.05) is 42.8 Å². The molecule has 1 saturated heterocycles. The van der Waals surface area contributed by atoms with Gasteiger partial charge in [-0.3, -0.25) is 4.90 Å². The highest BCUT2D eigenvalue weighted by Gasteiger charge is 2.32. The van der Waals surface area contributed by atoms with Gasteiger partial charge in [-0.15, -0.1) is 0 Å². The van der Waals surface area contributed by atoms with Gasteiger partial charge in [0.05, 0.1) is 0 Å². The highest BCUT2D eigenvalue weighted by atomic mass is 79.9. The van der Waals surface area contributed by atoms with E-state index in [0.29, 0.717) is 6.04 Å². The van der Waals surface area contributed by atoms with E-state index in [4.69, 9.17) is 0 Å². The zero-order valence-corrected chi connectivity index (χ0v) is 13.4. The van der Waals surface area contributed by atoms with Crippen LogP contribution in [0.3, 0.4) is 0 Å². The van der Waals surface area contributed by atoms with E-state index in [-0.39, 0.29) is 11.2 Å². The lowest BCUT2D eigenvalue weighted by molar-refractivity contribution is 0.0687. The highest BCUT2D eigenvalue weighted by molar-refractivity contribution is 9.10. The van der Waals surface area contributed by atoms with Crippen LogP contribution in [0.5, 0.6) is 0 Å². The molecule has 0 aliphatic carbocycles. The Morgan fingerprint density at radius 3 is 2.79 bits per heavy atom. The normalized spacial score (nSPS) is 21.6. The standard InChI is InChI=1S/C15H22BrFN2/c1-15(2,3)14-9-18-6-7-19(14)10-11-4-5-12(17)8-13(11)16/h4-5,8,14,18H,6-7,9-10H2,1-3H3. The van der Waals surface area contributed by atoms with Crippen LogP contribution in [0.15, 0.2) is 22.7 Å². The van der Waals surface area contributed by atoms with Crippen LogP contribution in [-0.4, -0.2) is 30.6 Å². The SMILES string of the molecule is CC(C)(C)C1CNCCN1Cc1ccc(F)cc1Br. The summed E-state index contributed by atoms with van der Waals surface area (Å²) in [6.07, 6.45) is 0. The highest BCUT2D eigenvalue weighted by Crippen LogP contribution is 2.28. The number of hydrogen-bond donors (Lipinski definition) is 1. The number of halogens is 2. The quantitative estimate of drug-likeness (QED) is 0.895. The van der Waals surface area contributed by atoms with Crippen molar-refractivity contribution in [1.82, 2.24) is 10.2 Å². The summed E-state index contributed by atoms with van der Waals surface area (Å²) in [6.45, 7) is 10.8. The minimum Gasteiger partial charge on any atom is -0.314 e. The van der Waals surface area contributed by atoms with E-state index < -0.39 is 0 Å². The van der Waals surface area contributed by atoms with Crippen molar-refractivity contribution in [2.45, 2.75) is 33.4 Å². The van der Waals surface area contributed by atoms with Gasteiger partial charge in [-0.05, 0) is 23.1 Å². The second kappa shape index (κ2) is 5.90. The Labute approximate surface area is 123 Å². The van der Waals surface area contributed by atoms with Crippen molar-refractivity contribution >= 4 is 15.9 Å². The summed E-state index contributed by atoms with van der Waals surface area (Å²) in [5, 5.41) is 3.47. The molecule has 1 aromatic rings. The first-order chi connectivity index (χ1) is 8.88. The molecule has 106 valence electrons. The first-order valence-corrected chi connectivity index (χ1v) is 7.56. The van der Waals surface area contributed by atoms with E-state index in [2.05, 4.69) is 46.9 Å². The lowest BCUT2D eigenvalue weighted by Gasteiger charge is -2.43. The fraction of sp³-hybridized carbons (Fsp3) is 0.600. The summed E-state index contributed by atoms with van der Waals surface area (Å²) in [4.78, 5) is 2.49. The molecule has 1 aliphatic heterocycles. The van der Waals surface area contributed by atoms with E-state index in [1.165, 1.54) is 6.07 Å². The molecule has 1 unspecified atom stereocenters. The van der Waals surface area contributed by atoms with Gasteiger partial charge in [0.15, 0.2) is 0 Å². The molecule has 2 nitrogen and oxygen atoms in total. The molecule has 1 aromatic carbocycles. The molecule has 19 heavy (non-hydrogen) atoms. The van der Waals surface area contributed by atoms with Crippen LogP contribution in [0.4, 0.5) is 4.39 Å². The minimum atomic E-state index is -0.191. The molecule has 1 N–H and O–H groups in total. The maximum absolute atomic E-state index is 13.1. The van der Waals surface area contributed by atoms with Crippen LogP contribution in [0.2, 0.25) is 0 Å². The number of piperazine rings is 1. The fourth-order valence-electron chi connectivity index (χ4n) is 2.66. The maximum Gasteiger partial charge on any atom is 0.124 e. The second-order valence-corrected chi connectivity index (χ2v) is 7.15. The summed E-state index contributed by atoms with van der Waals surface area (Å²) >= 11 is 3.46. The predicted molar refractivity (Wildman–Crippen MR) is 80.6 cm³/mol. The van der Waals surface area contributed by atoms with Crippen molar-refractivity contribution in [3.63, 3.8) is 0 Å². The number of benzene rings is 1. The van der Waals surface area contributed by atoms with E-state index in [9.17, 15) is 4.39 Å². The van der Waals surface area contributed by atoms with E-state index in [0.717, 1.165) is 36.2 Å². The molecule has 0 amide bonds.